The SMILES string of the molecule is COCCCC(=O)c1ccc2cn(CC3CCN(C(=O)c4ccc(Oc5cccc(C(F)(F)F)c5)cc4)CC3)nc2c1C. The standard InChI is InChI=1S/C33H34F3N3O4/c1-22-29(30(40)7-4-18-42-2)13-10-25-21-39(37-31(22)25)20-23-14-16-38(17-15-23)32(41)24-8-11-27(12-9-24)43-28-6-3-5-26(19-28)33(34,35)36/h3,5-6,8-13,19,21,23H,4,7,14-18,20H2,1-2H3. The predicted molar refractivity (Wildman–Crippen MR) is 156 cm³/mol. The molecule has 3 aromatic carbocycles. The van der Waals surface area contributed by atoms with Crippen LogP contribution in [0.15, 0.2) is 66.9 Å². The summed E-state index contributed by atoms with van der Waals surface area (Å²) in [7, 11) is 1.63. The molecule has 0 atom stereocenters. The maximum Gasteiger partial charge on any atom is 0.416 e. The number of amides is 1. The van der Waals surface area contributed by atoms with Crippen LogP contribution in [0.25, 0.3) is 10.9 Å². The first kappa shape index (κ1) is 30.3. The summed E-state index contributed by atoms with van der Waals surface area (Å²) in [6.07, 6.45) is 0.357. The number of carbonyl (C=O) groups excluding carboxylic acids is 2. The van der Waals surface area contributed by atoms with Crippen molar-refractivity contribution < 1.29 is 32.2 Å². The minimum atomic E-state index is -4.45. The number of hydrogen-bond donors (Lipinski definition) is 0. The molecule has 1 aliphatic rings. The number of halogens is 3. The van der Waals surface area contributed by atoms with Crippen LogP contribution in [0, 0.1) is 12.8 Å². The molecule has 0 bridgehead atoms. The van der Waals surface area contributed by atoms with Crippen molar-refractivity contribution in [1.82, 2.24) is 14.7 Å². The topological polar surface area (TPSA) is 73.7 Å². The fraction of sp³-hybridized carbons (Fsp3) is 0.364. The van der Waals surface area contributed by atoms with Crippen molar-refractivity contribution in [2.75, 3.05) is 26.8 Å². The van der Waals surface area contributed by atoms with Gasteiger partial charge < -0.3 is 14.4 Å². The number of piperidine rings is 1. The van der Waals surface area contributed by atoms with E-state index in [0.29, 0.717) is 55.3 Å². The minimum absolute atomic E-state index is 0.0723. The van der Waals surface area contributed by atoms with Crippen molar-refractivity contribution in [3.63, 3.8) is 0 Å². The quantitative estimate of drug-likeness (QED) is 0.142. The van der Waals surface area contributed by atoms with Crippen molar-refractivity contribution in [3.05, 3.63) is 89.1 Å². The lowest BCUT2D eigenvalue weighted by atomic mass is 9.96. The third kappa shape index (κ3) is 7.25. The van der Waals surface area contributed by atoms with E-state index in [2.05, 4.69) is 0 Å². The van der Waals surface area contributed by atoms with Crippen LogP contribution in [-0.2, 0) is 17.5 Å². The zero-order valence-electron chi connectivity index (χ0n) is 24.2. The van der Waals surface area contributed by atoms with Crippen LogP contribution in [0.4, 0.5) is 13.2 Å². The van der Waals surface area contributed by atoms with Crippen molar-refractivity contribution in [3.8, 4) is 11.5 Å². The van der Waals surface area contributed by atoms with E-state index in [4.69, 9.17) is 14.6 Å². The van der Waals surface area contributed by atoms with Gasteiger partial charge in [0, 0.05) is 62.5 Å². The summed E-state index contributed by atoms with van der Waals surface area (Å²) in [6, 6.07) is 14.9. The van der Waals surface area contributed by atoms with Gasteiger partial charge in [0.2, 0.25) is 0 Å². The lowest BCUT2D eigenvalue weighted by molar-refractivity contribution is -0.137. The highest BCUT2D eigenvalue weighted by Gasteiger charge is 2.30. The van der Waals surface area contributed by atoms with E-state index >= 15 is 0 Å². The van der Waals surface area contributed by atoms with Gasteiger partial charge in [-0.2, -0.15) is 18.3 Å². The molecule has 1 aliphatic heterocycles. The zero-order chi connectivity index (χ0) is 30.6. The Hall–Kier alpha value is -4.18. The fourth-order valence-corrected chi connectivity index (χ4v) is 5.49. The summed E-state index contributed by atoms with van der Waals surface area (Å²) in [4.78, 5) is 27.6. The largest absolute Gasteiger partial charge is 0.457 e. The van der Waals surface area contributed by atoms with Gasteiger partial charge in [0.05, 0.1) is 11.1 Å². The number of aromatic nitrogens is 2. The first-order valence-electron chi connectivity index (χ1n) is 14.4. The van der Waals surface area contributed by atoms with Gasteiger partial charge in [0.25, 0.3) is 5.91 Å². The molecule has 0 unspecified atom stereocenters. The highest BCUT2D eigenvalue weighted by atomic mass is 19.4. The zero-order valence-corrected chi connectivity index (χ0v) is 24.2. The second-order valence-corrected chi connectivity index (χ2v) is 10.9. The number of methoxy groups -OCH3 is 1. The van der Waals surface area contributed by atoms with E-state index in [0.717, 1.165) is 48.0 Å². The number of hydrogen-bond acceptors (Lipinski definition) is 5. The highest BCUT2D eigenvalue weighted by Crippen LogP contribution is 2.33. The van der Waals surface area contributed by atoms with Gasteiger partial charge in [-0.15, -0.1) is 0 Å². The third-order valence-corrected chi connectivity index (χ3v) is 7.88. The van der Waals surface area contributed by atoms with Crippen LogP contribution in [0.3, 0.4) is 0 Å². The molecule has 1 aromatic heterocycles. The lowest BCUT2D eigenvalue weighted by Crippen LogP contribution is -2.39. The Morgan fingerprint density at radius 3 is 2.44 bits per heavy atom. The summed E-state index contributed by atoms with van der Waals surface area (Å²) >= 11 is 0. The normalized spacial score (nSPS) is 14.3. The minimum Gasteiger partial charge on any atom is -0.457 e. The molecule has 5 rings (SSSR count). The summed E-state index contributed by atoms with van der Waals surface area (Å²) in [6.45, 7) is 4.46. The Morgan fingerprint density at radius 2 is 1.74 bits per heavy atom. The van der Waals surface area contributed by atoms with Gasteiger partial charge in [-0.1, -0.05) is 18.2 Å². The number of alkyl halides is 3. The first-order chi connectivity index (χ1) is 20.6. The Balaban J connectivity index is 1.15. The molecule has 226 valence electrons. The van der Waals surface area contributed by atoms with Crippen molar-refractivity contribution >= 4 is 22.6 Å². The average molecular weight is 594 g/mol. The van der Waals surface area contributed by atoms with Gasteiger partial charge in [0.15, 0.2) is 5.78 Å². The Labute approximate surface area is 248 Å². The van der Waals surface area contributed by atoms with Gasteiger partial charge in [-0.3, -0.25) is 14.3 Å². The number of rotatable bonds is 10. The van der Waals surface area contributed by atoms with E-state index < -0.39 is 11.7 Å². The number of Topliss-reactive ketones (excluding diaryl/α,β-unsaturated/α-hetero) is 1. The van der Waals surface area contributed by atoms with Gasteiger partial charge in [0.1, 0.15) is 11.5 Å². The molecular formula is C33H34F3N3O4. The van der Waals surface area contributed by atoms with E-state index in [1.54, 1.807) is 31.4 Å². The fourth-order valence-electron chi connectivity index (χ4n) is 5.49. The molecule has 0 N–H and O–H groups in total. The summed E-state index contributed by atoms with van der Waals surface area (Å²) < 4.78 is 51.5. The first-order valence-corrected chi connectivity index (χ1v) is 14.4. The van der Waals surface area contributed by atoms with Crippen LogP contribution >= 0.6 is 0 Å². The second-order valence-electron chi connectivity index (χ2n) is 10.9. The molecule has 1 saturated heterocycles. The van der Waals surface area contributed by atoms with Gasteiger partial charge in [-0.25, -0.2) is 0 Å². The predicted octanol–water partition coefficient (Wildman–Crippen LogP) is 7.32. The monoisotopic (exact) mass is 593 g/mol. The molecule has 2 heterocycles. The molecule has 0 saturated carbocycles. The molecule has 10 heteroatoms. The molecule has 4 aromatic rings. The molecule has 0 aliphatic carbocycles. The Morgan fingerprint density at radius 1 is 1.00 bits per heavy atom. The van der Waals surface area contributed by atoms with Crippen LogP contribution in [0.1, 0.15) is 57.5 Å². The molecule has 1 fully saturated rings. The van der Waals surface area contributed by atoms with Gasteiger partial charge in [-0.05, 0) is 80.1 Å². The number of ether oxygens (including phenoxy) is 2. The third-order valence-electron chi connectivity index (χ3n) is 7.88. The smallest absolute Gasteiger partial charge is 0.416 e. The van der Waals surface area contributed by atoms with E-state index in [-0.39, 0.29) is 17.4 Å². The summed E-state index contributed by atoms with van der Waals surface area (Å²) in [5, 5.41) is 5.79. The van der Waals surface area contributed by atoms with Crippen molar-refractivity contribution in [1.29, 1.82) is 0 Å². The van der Waals surface area contributed by atoms with Gasteiger partial charge >= 0.3 is 6.18 Å². The number of ketones is 1. The Bertz CT molecular complexity index is 1590. The summed E-state index contributed by atoms with van der Waals surface area (Å²) in [5.41, 5.74) is 2.15. The van der Waals surface area contributed by atoms with Crippen LogP contribution in [-0.4, -0.2) is 53.2 Å². The lowest BCUT2D eigenvalue weighted by Gasteiger charge is -2.32. The molecule has 1 amide bonds. The van der Waals surface area contributed by atoms with E-state index in [1.165, 1.54) is 12.1 Å². The van der Waals surface area contributed by atoms with Crippen molar-refractivity contribution in [2.24, 2.45) is 5.92 Å². The number of nitrogens with zero attached hydrogens (tertiary/aromatic N) is 3. The summed E-state index contributed by atoms with van der Waals surface area (Å²) in [5.74, 6) is 0.785. The molecule has 7 nitrogen and oxygen atoms in total. The van der Waals surface area contributed by atoms with Crippen molar-refractivity contribution in [2.45, 2.75) is 45.3 Å². The van der Waals surface area contributed by atoms with Crippen LogP contribution in [0.2, 0.25) is 0 Å². The van der Waals surface area contributed by atoms with Crippen LogP contribution in [0.5, 0.6) is 11.5 Å². The number of aryl methyl sites for hydroxylation is 1. The molecule has 0 radical (unpaired) electrons. The number of benzene rings is 3. The molecular weight excluding hydrogens is 559 g/mol. The molecule has 43 heavy (non-hydrogen) atoms. The molecule has 0 spiro atoms. The number of carbonyl (C=O) groups is 2. The highest BCUT2D eigenvalue weighted by molar-refractivity contribution is 6.01. The van der Waals surface area contributed by atoms with Crippen LogP contribution < -0.4 is 4.74 Å². The van der Waals surface area contributed by atoms with E-state index in [1.807, 2.05) is 34.8 Å². The maximum atomic E-state index is 13.1. The number of likely N-dealkylation sites (tertiary alicyclic amines) is 1. The Kier molecular flexibility index (Phi) is 9.15. The maximum absolute atomic E-state index is 13.1. The average Bonchev–Trinajstić information content (AvgIpc) is 3.41. The van der Waals surface area contributed by atoms with E-state index in [9.17, 15) is 22.8 Å². The number of fused-ring (bicyclic) bond motifs is 1. The second kappa shape index (κ2) is 13.0.